The zero-order valence-corrected chi connectivity index (χ0v) is 33.8. The van der Waals surface area contributed by atoms with Crippen LogP contribution in [0.3, 0.4) is 0 Å². The predicted octanol–water partition coefficient (Wildman–Crippen LogP) is 10.5. The summed E-state index contributed by atoms with van der Waals surface area (Å²) in [5.74, 6) is -2.38. The van der Waals surface area contributed by atoms with Gasteiger partial charge in [-0.3, -0.25) is 23.4 Å². The highest BCUT2D eigenvalue weighted by molar-refractivity contribution is 7.47. The van der Waals surface area contributed by atoms with E-state index in [9.17, 15) is 23.8 Å². The van der Waals surface area contributed by atoms with Crippen molar-refractivity contribution in [3.05, 3.63) is 12.2 Å². The Kier molecular flexibility index (Phi) is 35.0. The maximum atomic E-state index is 12.6. The number of aliphatic carboxylic acids is 1. The van der Waals surface area contributed by atoms with Crippen molar-refractivity contribution >= 4 is 25.7 Å². The molecule has 0 rings (SSSR count). The Morgan fingerprint density at radius 1 is 0.577 bits per heavy atom. The van der Waals surface area contributed by atoms with E-state index in [2.05, 4.69) is 30.5 Å². The van der Waals surface area contributed by atoms with E-state index in [0.717, 1.165) is 57.8 Å². The summed E-state index contributed by atoms with van der Waals surface area (Å²) in [5.41, 5.74) is 5.32. The number of hydrogen-bond donors (Lipinski definition) is 3. The molecule has 4 N–H and O–H groups in total. The van der Waals surface area contributed by atoms with Crippen LogP contribution in [0.1, 0.15) is 194 Å². The van der Waals surface area contributed by atoms with Gasteiger partial charge in [-0.1, -0.05) is 154 Å². The van der Waals surface area contributed by atoms with E-state index in [1.54, 1.807) is 0 Å². The van der Waals surface area contributed by atoms with Gasteiger partial charge in [-0.25, -0.2) is 4.57 Å². The summed E-state index contributed by atoms with van der Waals surface area (Å²) in [6.07, 6.45) is 34.2. The molecule has 52 heavy (non-hydrogen) atoms. The molecule has 12 heteroatoms. The summed E-state index contributed by atoms with van der Waals surface area (Å²) in [6, 6.07) is -1.52. The number of allylic oxidation sites excluding steroid dienone is 2. The first-order valence-electron chi connectivity index (χ1n) is 20.7. The Hall–Kier alpha value is -1.78. The Bertz CT molecular complexity index is 947. The maximum absolute atomic E-state index is 12.6. The molecule has 0 amide bonds. The second kappa shape index (κ2) is 36.2. The molecule has 0 aromatic heterocycles. The van der Waals surface area contributed by atoms with E-state index >= 15 is 0 Å². The molecule has 0 saturated heterocycles. The van der Waals surface area contributed by atoms with Gasteiger partial charge in [-0.15, -0.1) is 0 Å². The minimum absolute atomic E-state index is 0.165. The first kappa shape index (κ1) is 50.2. The van der Waals surface area contributed by atoms with E-state index in [0.29, 0.717) is 12.8 Å². The average molecular weight is 762 g/mol. The lowest BCUT2D eigenvalue weighted by Crippen LogP contribution is -2.34. The monoisotopic (exact) mass is 762 g/mol. The van der Waals surface area contributed by atoms with Gasteiger partial charge in [0.15, 0.2) is 6.10 Å². The van der Waals surface area contributed by atoms with E-state index in [1.165, 1.54) is 96.3 Å². The van der Waals surface area contributed by atoms with Crippen LogP contribution in [0.15, 0.2) is 12.2 Å². The molecule has 0 aromatic rings. The second-order valence-corrected chi connectivity index (χ2v) is 15.6. The van der Waals surface area contributed by atoms with E-state index in [1.807, 2.05) is 0 Å². The number of unbranched alkanes of at least 4 members (excludes halogenated alkanes) is 23. The number of carboxylic acid groups (broad SMARTS) is 1. The molecular weight excluding hydrogens is 685 g/mol. The molecule has 11 nitrogen and oxygen atoms in total. The highest BCUT2D eigenvalue weighted by Gasteiger charge is 2.28. The number of nitrogens with two attached hydrogens (primary N) is 1. The SMILES string of the molecule is CCCCCCCC/C=C/CCCCCCCC(=O)OC[C@H](COP(=O)(O)OC[C@H](N)C(=O)O)OC(=O)CCCCCCCCCCCCCCC. The van der Waals surface area contributed by atoms with Crippen molar-refractivity contribution in [3.63, 3.8) is 0 Å². The van der Waals surface area contributed by atoms with Crippen molar-refractivity contribution < 1.29 is 47.5 Å². The molecule has 0 spiro atoms. The lowest BCUT2D eigenvalue weighted by Gasteiger charge is -2.20. The van der Waals surface area contributed by atoms with Crippen molar-refractivity contribution in [2.24, 2.45) is 5.73 Å². The summed E-state index contributed by atoms with van der Waals surface area (Å²) in [6.45, 7) is 2.79. The number of phosphoric acid groups is 1. The van der Waals surface area contributed by atoms with Crippen molar-refractivity contribution in [3.8, 4) is 0 Å². The van der Waals surface area contributed by atoms with Crippen LogP contribution in [0.2, 0.25) is 0 Å². The van der Waals surface area contributed by atoms with Crippen molar-refractivity contribution in [1.82, 2.24) is 0 Å². The van der Waals surface area contributed by atoms with Gasteiger partial charge in [0, 0.05) is 12.8 Å². The zero-order chi connectivity index (χ0) is 38.5. The van der Waals surface area contributed by atoms with Gasteiger partial charge in [0.05, 0.1) is 13.2 Å². The van der Waals surface area contributed by atoms with Gasteiger partial charge in [-0.05, 0) is 38.5 Å². The largest absolute Gasteiger partial charge is 0.480 e. The average Bonchev–Trinajstić information content (AvgIpc) is 3.12. The normalized spacial score (nSPS) is 13.9. The standard InChI is InChI=1S/C40H76NO10P/c1-3-5-7-9-11-13-15-17-18-20-21-23-25-27-29-31-38(42)48-33-36(34-49-52(46,47)50-35-37(41)40(44)45)51-39(43)32-30-28-26-24-22-19-16-14-12-10-8-6-4-2/h17-18,36-37H,3-16,19-35,41H2,1-2H3,(H,44,45)(H,46,47)/b18-17+/t36-,37+/m1/s1. The third kappa shape index (κ3) is 35.3. The third-order valence-electron chi connectivity index (χ3n) is 9.01. The molecule has 0 bridgehead atoms. The van der Waals surface area contributed by atoms with Gasteiger partial charge < -0.3 is 25.2 Å². The first-order chi connectivity index (χ1) is 25.1. The summed E-state index contributed by atoms with van der Waals surface area (Å²) < 4.78 is 32.6. The molecule has 0 saturated carbocycles. The number of hydrogen-bond acceptors (Lipinski definition) is 9. The van der Waals surface area contributed by atoms with E-state index in [-0.39, 0.29) is 19.4 Å². The minimum atomic E-state index is -4.71. The number of rotatable bonds is 39. The molecule has 0 aromatic carbocycles. The fraction of sp³-hybridized carbons (Fsp3) is 0.875. The molecule has 1 unspecified atom stereocenters. The fourth-order valence-electron chi connectivity index (χ4n) is 5.71. The highest BCUT2D eigenvalue weighted by Crippen LogP contribution is 2.43. The first-order valence-corrected chi connectivity index (χ1v) is 22.2. The summed E-state index contributed by atoms with van der Waals surface area (Å²) >= 11 is 0. The lowest BCUT2D eigenvalue weighted by atomic mass is 10.0. The van der Waals surface area contributed by atoms with Gasteiger partial charge in [0.25, 0.3) is 0 Å². The van der Waals surface area contributed by atoms with Crippen molar-refractivity contribution in [2.75, 3.05) is 19.8 Å². The Morgan fingerprint density at radius 2 is 0.962 bits per heavy atom. The topological polar surface area (TPSA) is 172 Å². The predicted molar refractivity (Wildman–Crippen MR) is 208 cm³/mol. The molecule has 0 heterocycles. The number of esters is 2. The second-order valence-electron chi connectivity index (χ2n) is 14.1. The Balaban J connectivity index is 4.38. The fourth-order valence-corrected chi connectivity index (χ4v) is 6.48. The Morgan fingerprint density at radius 3 is 1.40 bits per heavy atom. The number of phosphoric ester groups is 1. The van der Waals surface area contributed by atoms with Crippen LogP contribution in [-0.4, -0.2) is 59.9 Å². The van der Waals surface area contributed by atoms with Gasteiger partial charge in [0.1, 0.15) is 12.6 Å². The van der Waals surface area contributed by atoms with Crippen LogP contribution >= 0.6 is 7.82 Å². The molecular formula is C40H76NO10P. The molecule has 0 radical (unpaired) electrons. The highest BCUT2D eigenvalue weighted by atomic mass is 31.2. The number of carboxylic acids is 1. The number of carbonyl (C=O) groups excluding carboxylic acids is 2. The number of ether oxygens (including phenoxy) is 2. The van der Waals surface area contributed by atoms with Crippen LogP contribution in [-0.2, 0) is 37.5 Å². The third-order valence-corrected chi connectivity index (χ3v) is 9.96. The molecule has 0 aliphatic rings. The molecule has 0 aliphatic carbocycles. The smallest absolute Gasteiger partial charge is 0.472 e. The summed E-state index contributed by atoms with van der Waals surface area (Å²) in [5, 5.41) is 8.87. The molecule has 0 fully saturated rings. The van der Waals surface area contributed by atoms with Crippen LogP contribution in [0.4, 0.5) is 0 Å². The van der Waals surface area contributed by atoms with Crippen LogP contribution in [0.25, 0.3) is 0 Å². The van der Waals surface area contributed by atoms with Crippen LogP contribution in [0, 0.1) is 0 Å². The van der Waals surface area contributed by atoms with Gasteiger partial charge in [0.2, 0.25) is 0 Å². The van der Waals surface area contributed by atoms with Crippen LogP contribution < -0.4 is 5.73 Å². The van der Waals surface area contributed by atoms with Crippen molar-refractivity contribution in [2.45, 2.75) is 206 Å². The van der Waals surface area contributed by atoms with E-state index < -0.39 is 51.1 Å². The number of carbonyl (C=O) groups is 3. The Labute approximate surface area is 316 Å². The van der Waals surface area contributed by atoms with E-state index in [4.69, 9.17) is 24.8 Å². The zero-order valence-electron chi connectivity index (χ0n) is 32.9. The summed E-state index contributed by atoms with van der Waals surface area (Å²) in [4.78, 5) is 45.8. The molecule has 0 aliphatic heterocycles. The molecule has 3 atom stereocenters. The summed E-state index contributed by atoms with van der Waals surface area (Å²) in [7, 11) is -4.71. The van der Waals surface area contributed by atoms with Gasteiger partial charge >= 0.3 is 25.7 Å². The maximum Gasteiger partial charge on any atom is 0.472 e. The van der Waals surface area contributed by atoms with Gasteiger partial charge in [-0.2, -0.15) is 0 Å². The molecule has 306 valence electrons. The minimum Gasteiger partial charge on any atom is -0.480 e. The van der Waals surface area contributed by atoms with Crippen LogP contribution in [0.5, 0.6) is 0 Å². The lowest BCUT2D eigenvalue weighted by molar-refractivity contribution is -0.161. The van der Waals surface area contributed by atoms with Crippen molar-refractivity contribution in [1.29, 1.82) is 0 Å². The quantitative estimate of drug-likeness (QED) is 0.0235.